The molecule has 0 aromatic carbocycles. The van der Waals surface area contributed by atoms with Crippen LogP contribution in [0.5, 0.6) is 0 Å². The van der Waals surface area contributed by atoms with Crippen LogP contribution in [-0.4, -0.2) is 63.4 Å². The first-order chi connectivity index (χ1) is 8.29. The van der Waals surface area contributed by atoms with Crippen LogP contribution in [0, 0.1) is 11.3 Å². The molecule has 1 atom stereocenters. The molecule has 96 valence electrons. The highest BCUT2D eigenvalue weighted by Crippen LogP contribution is 2.03. The second-order valence-electron chi connectivity index (χ2n) is 3.79. The van der Waals surface area contributed by atoms with E-state index in [9.17, 15) is 4.79 Å². The molecule has 6 heteroatoms. The van der Waals surface area contributed by atoms with Crippen molar-refractivity contribution in [3.8, 4) is 6.07 Å². The van der Waals surface area contributed by atoms with Crippen molar-refractivity contribution in [1.29, 1.82) is 5.26 Å². The minimum Gasteiger partial charge on any atom is -0.383 e. The number of amides is 1. The largest absolute Gasteiger partial charge is 0.383 e. The van der Waals surface area contributed by atoms with Gasteiger partial charge in [0.05, 0.1) is 25.7 Å². The predicted molar refractivity (Wildman–Crippen MR) is 61.3 cm³/mol. The number of methoxy groups -OCH3 is 1. The van der Waals surface area contributed by atoms with Gasteiger partial charge in [-0.25, -0.2) is 0 Å². The molecule has 0 saturated carbocycles. The van der Waals surface area contributed by atoms with Crippen LogP contribution in [0.2, 0.25) is 0 Å². The predicted octanol–water partition coefficient (Wildman–Crippen LogP) is -0.637. The van der Waals surface area contributed by atoms with Crippen LogP contribution in [0.15, 0.2) is 0 Å². The lowest BCUT2D eigenvalue weighted by atomic mass is 10.2. The molecule has 1 heterocycles. The van der Waals surface area contributed by atoms with E-state index in [1.807, 2.05) is 6.07 Å². The fraction of sp³-hybridized carbons (Fsp3) is 0.818. The molecule has 1 N–H and O–H groups in total. The molecule has 1 unspecified atom stereocenters. The monoisotopic (exact) mass is 241 g/mol. The topological polar surface area (TPSA) is 74.6 Å². The SMILES string of the molecule is COCCN(CCC#N)C(=O)C1CNCCO1. The molecule has 1 rings (SSSR count). The minimum absolute atomic E-state index is 0.0653. The fourth-order valence-corrected chi connectivity index (χ4v) is 1.65. The van der Waals surface area contributed by atoms with Gasteiger partial charge in [-0.15, -0.1) is 0 Å². The zero-order valence-electron chi connectivity index (χ0n) is 10.1. The molecule has 0 radical (unpaired) electrons. The van der Waals surface area contributed by atoms with Crippen LogP contribution in [0.1, 0.15) is 6.42 Å². The highest BCUT2D eigenvalue weighted by atomic mass is 16.5. The molecule has 1 aliphatic rings. The van der Waals surface area contributed by atoms with Crippen molar-refractivity contribution in [3.05, 3.63) is 0 Å². The van der Waals surface area contributed by atoms with Gasteiger partial charge in [0.25, 0.3) is 5.91 Å². The number of nitriles is 1. The fourth-order valence-electron chi connectivity index (χ4n) is 1.65. The lowest BCUT2D eigenvalue weighted by Crippen LogP contribution is -2.50. The number of rotatable bonds is 6. The standard InChI is InChI=1S/C11H19N3O3/c1-16-8-6-14(5-2-3-12)11(15)10-9-13-4-7-17-10/h10,13H,2,4-9H2,1H3. The second kappa shape index (κ2) is 8.01. The molecule has 1 saturated heterocycles. The number of hydrogen-bond donors (Lipinski definition) is 1. The maximum Gasteiger partial charge on any atom is 0.253 e. The van der Waals surface area contributed by atoms with Gasteiger partial charge in [-0.2, -0.15) is 5.26 Å². The molecule has 1 fully saturated rings. The van der Waals surface area contributed by atoms with Crippen LogP contribution < -0.4 is 5.32 Å². The van der Waals surface area contributed by atoms with Gasteiger partial charge < -0.3 is 19.7 Å². The summed E-state index contributed by atoms with van der Waals surface area (Å²) >= 11 is 0. The summed E-state index contributed by atoms with van der Waals surface area (Å²) < 4.78 is 10.4. The summed E-state index contributed by atoms with van der Waals surface area (Å²) in [6.07, 6.45) is -0.102. The van der Waals surface area contributed by atoms with E-state index in [-0.39, 0.29) is 5.91 Å². The van der Waals surface area contributed by atoms with E-state index in [2.05, 4.69) is 5.32 Å². The van der Waals surface area contributed by atoms with Gasteiger partial charge in [-0.05, 0) is 0 Å². The highest BCUT2D eigenvalue weighted by Gasteiger charge is 2.26. The van der Waals surface area contributed by atoms with Crippen molar-refractivity contribution >= 4 is 5.91 Å². The van der Waals surface area contributed by atoms with Crippen LogP contribution in [-0.2, 0) is 14.3 Å². The molecule has 0 bridgehead atoms. The van der Waals surface area contributed by atoms with E-state index in [1.165, 1.54) is 0 Å². The molecule has 1 aliphatic heterocycles. The van der Waals surface area contributed by atoms with Crippen molar-refractivity contribution in [2.75, 3.05) is 46.5 Å². The molecule has 6 nitrogen and oxygen atoms in total. The Hall–Kier alpha value is -1.16. The van der Waals surface area contributed by atoms with Gasteiger partial charge in [0.2, 0.25) is 0 Å². The van der Waals surface area contributed by atoms with Crippen molar-refractivity contribution in [2.45, 2.75) is 12.5 Å². The van der Waals surface area contributed by atoms with E-state index in [0.717, 1.165) is 6.54 Å². The number of hydrogen-bond acceptors (Lipinski definition) is 5. The first-order valence-corrected chi connectivity index (χ1v) is 5.76. The van der Waals surface area contributed by atoms with Crippen molar-refractivity contribution in [2.24, 2.45) is 0 Å². The van der Waals surface area contributed by atoms with E-state index in [4.69, 9.17) is 14.7 Å². The van der Waals surface area contributed by atoms with Crippen molar-refractivity contribution in [3.63, 3.8) is 0 Å². The van der Waals surface area contributed by atoms with Crippen LogP contribution >= 0.6 is 0 Å². The Bertz CT molecular complexity index is 272. The summed E-state index contributed by atoms with van der Waals surface area (Å²) in [5.74, 6) is -0.0653. The maximum absolute atomic E-state index is 12.1. The van der Waals surface area contributed by atoms with Gasteiger partial charge >= 0.3 is 0 Å². The number of morpholine rings is 1. The number of carbonyl (C=O) groups excluding carboxylic acids is 1. The lowest BCUT2D eigenvalue weighted by molar-refractivity contribution is -0.145. The number of nitrogens with one attached hydrogen (secondary N) is 1. The summed E-state index contributed by atoms with van der Waals surface area (Å²) in [4.78, 5) is 13.7. The smallest absolute Gasteiger partial charge is 0.253 e. The number of ether oxygens (including phenoxy) is 2. The zero-order chi connectivity index (χ0) is 12.5. The first-order valence-electron chi connectivity index (χ1n) is 5.76. The average molecular weight is 241 g/mol. The molecule has 0 aromatic rings. The molecule has 0 spiro atoms. The molecule has 1 amide bonds. The summed E-state index contributed by atoms with van der Waals surface area (Å²) in [7, 11) is 1.59. The van der Waals surface area contributed by atoms with E-state index in [1.54, 1.807) is 12.0 Å². The quantitative estimate of drug-likeness (QED) is 0.669. The van der Waals surface area contributed by atoms with Gasteiger partial charge in [-0.1, -0.05) is 0 Å². The van der Waals surface area contributed by atoms with Crippen molar-refractivity contribution in [1.82, 2.24) is 10.2 Å². The maximum atomic E-state index is 12.1. The van der Waals surface area contributed by atoms with Crippen LogP contribution in [0.4, 0.5) is 0 Å². The van der Waals surface area contributed by atoms with E-state index in [0.29, 0.717) is 39.3 Å². The average Bonchev–Trinajstić information content (AvgIpc) is 2.39. The third-order valence-electron chi connectivity index (χ3n) is 2.57. The Labute approximate surface area is 101 Å². The summed E-state index contributed by atoms with van der Waals surface area (Å²) in [6.45, 7) is 3.26. The van der Waals surface area contributed by atoms with Crippen molar-refractivity contribution < 1.29 is 14.3 Å². The Morgan fingerprint density at radius 1 is 1.65 bits per heavy atom. The Balaban J connectivity index is 2.47. The number of nitrogens with zero attached hydrogens (tertiary/aromatic N) is 2. The molecule has 0 aromatic heterocycles. The second-order valence-corrected chi connectivity index (χ2v) is 3.79. The van der Waals surface area contributed by atoms with Gasteiger partial charge in [0, 0.05) is 33.3 Å². The van der Waals surface area contributed by atoms with Crippen LogP contribution in [0.25, 0.3) is 0 Å². The molecular formula is C11H19N3O3. The highest BCUT2D eigenvalue weighted by molar-refractivity contribution is 5.81. The molecule has 17 heavy (non-hydrogen) atoms. The van der Waals surface area contributed by atoms with Gasteiger partial charge in [0.15, 0.2) is 0 Å². The summed E-state index contributed by atoms with van der Waals surface area (Å²) in [5, 5.41) is 11.7. The molecule has 0 aliphatic carbocycles. The lowest BCUT2D eigenvalue weighted by Gasteiger charge is -2.29. The Morgan fingerprint density at radius 3 is 3.06 bits per heavy atom. The molecular weight excluding hydrogens is 222 g/mol. The van der Waals surface area contributed by atoms with E-state index < -0.39 is 6.10 Å². The Morgan fingerprint density at radius 2 is 2.47 bits per heavy atom. The third-order valence-corrected chi connectivity index (χ3v) is 2.57. The summed E-state index contributed by atoms with van der Waals surface area (Å²) in [6, 6.07) is 2.04. The van der Waals surface area contributed by atoms with Crippen LogP contribution in [0.3, 0.4) is 0 Å². The number of carbonyl (C=O) groups is 1. The normalized spacial score (nSPS) is 19.6. The zero-order valence-corrected chi connectivity index (χ0v) is 10.1. The van der Waals surface area contributed by atoms with E-state index >= 15 is 0 Å². The Kier molecular flexibility index (Phi) is 6.55. The first kappa shape index (κ1) is 13.9. The minimum atomic E-state index is -0.431. The summed E-state index contributed by atoms with van der Waals surface area (Å²) in [5.41, 5.74) is 0. The van der Waals surface area contributed by atoms with Gasteiger partial charge in [-0.3, -0.25) is 4.79 Å². The van der Waals surface area contributed by atoms with Gasteiger partial charge in [0.1, 0.15) is 6.10 Å². The third kappa shape index (κ3) is 4.69.